The molecule has 102 valence electrons. The van der Waals surface area contributed by atoms with E-state index in [-0.39, 0.29) is 5.75 Å². The minimum absolute atomic E-state index is 0.209. The maximum absolute atomic E-state index is 10.2. The van der Waals surface area contributed by atoms with Gasteiger partial charge < -0.3 is 5.11 Å². The first kappa shape index (κ1) is 12.1. The second-order valence-corrected chi connectivity index (χ2v) is 5.53. The van der Waals surface area contributed by atoms with Crippen LogP contribution in [0.3, 0.4) is 0 Å². The molecule has 0 aliphatic heterocycles. The smallest absolute Gasteiger partial charge is 0.165 e. The van der Waals surface area contributed by atoms with Crippen molar-refractivity contribution in [2.24, 2.45) is 0 Å². The van der Waals surface area contributed by atoms with Crippen LogP contribution in [0.2, 0.25) is 0 Å². The number of thiophene rings is 1. The molecule has 0 atom stereocenters. The lowest BCUT2D eigenvalue weighted by Crippen LogP contribution is -1.98. The van der Waals surface area contributed by atoms with E-state index in [1.807, 2.05) is 46.3 Å². The Balaban J connectivity index is 2.11. The average Bonchev–Trinajstić information content (AvgIpc) is 3.15. The highest BCUT2D eigenvalue weighted by Gasteiger charge is 2.17. The molecule has 4 rings (SSSR count). The van der Waals surface area contributed by atoms with Crippen molar-refractivity contribution in [1.29, 1.82) is 0 Å². The van der Waals surface area contributed by atoms with E-state index < -0.39 is 0 Å². The minimum Gasteiger partial charge on any atom is -0.506 e. The number of fused-ring (bicyclic) bond motifs is 1. The fourth-order valence-electron chi connectivity index (χ4n) is 2.36. The Bertz CT molecular complexity index is 912. The zero-order valence-corrected chi connectivity index (χ0v) is 11.8. The van der Waals surface area contributed by atoms with Gasteiger partial charge in [0.2, 0.25) is 0 Å². The van der Waals surface area contributed by atoms with Crippen LogP contribution in [0.1, 0.15) is 0 Å². The summed E-state index contributed by atoms with van der Waals surface area (Å²) in [5, 5.41) is 12.2. The maximum atomic E-state index is 10.2. The average molecular weight is 293 g/mol. The number of rotatable bonds is 2. The first-order valence-corrected chi connectivity index (χ1v) is 7.38. The van der Waals surface area contributed by atoms with Gasteiger partial charge in [-0.05, 0) is 35.7 Å². The monoisotopic (exact) mass is 293 g/mol. The molecule has 1 aromatic carbocycles. The van der Waals surface area contributed by atoms with Crippen molar-refractivity contribution in [1.82, 2.24) is 14.5 Å². The van der Waals surface area contributed by atoms with E-state index in [1.54, 1.807) is 29.7 Å². The summed E-state index contributed by atoms with van der Waals surface area (Å²) in [5.74, 6) is 1.00. The van der Waals surface area contributed by atoms with Gasteiger partial charge in [0.25, 0.3) is 0 Å². The zero-order valence-electron chi connectivity index (χ0n) is 11.0. The van der Waals surface area contributed by atoms with Crippen LogP contribution in [0, 0.1) is 0 Å². The van der Waals surface area contributed by atoms with Gasteiger partial charge in [-0.3, -0.25) is 4.57 Å². The van der Waals surface area contributed by atoms with Gasteiger partial charge in [0.15, 0.2) is 11.5 Å². The number of hydrogen-bond donors (Lipinski definition) is 1. The van der Waals surface area contributed by atoms with Crippen molar-refractivity contribution in [2.45, 2.75) is 0 Å². The molecule has 0 amide bonds. The summed E-state index contributed by atoms with van der Waals surface area (Å²) in [7, 11) is 0. The van der Waals surface area contributed by atoms with Crippen molar-refractivity contribution >= 4 is 22.5 Å². The Hall–Kier alpha value is -2.66. The molecule has 0 aliphatic rings. The second-order valence-electron chi connectivity index (χ2n) is 4.58. The largest absolute Gasteiger partial charge is 0.506 e. The molecule has 0 aliphatic carbocycles. The van der Waals surface area contributed by atoms with E-state index in [2.05, 4.69) is 9.97 Å². The lowest BCUT2D eigenvalue weighted by Gasteiger charge is -2.09. The molecule has 4 aromatic rings. The molecule has 0 fully saturated rings. The molecular formula is C16H11N3OS. The number of nitrogens with zero attached hydrogens (tertiary/aromatic N) is 3. The van der Waals surface area contributed by atoms with E-state index in [1.165, 1.54) is 0 Å². The summed E-state index contributed by atoms with van der Waals surface area (Å²) in [6, 6.07) is 15.0. The van der Waals surface area contributed by atoms with Gasteiger partial charge in [-0.15, -0.1) is 11.3 Å². The maximum Gasteiger partial charge on any atom is 0.165 e. The first-order valence-electron chi connectivity index (χ1n) is 6.50. The molecule has 5 heteroatoms. The van der Waals surface area contributed by atoms with Gasteiger partial charge in [0.05, 0.1) is 10.6 Å². The van der Waals surface area contributed by atoms with Crippen LogP contribution in [0.4, 0.5) is 0 Å². The number of para-hydroxylation sites is 2. The van der Waals surface area contributed by atoms with Crippen molar-refractivity contribution < 1.29 is 5.11 Å². The third kappa shape index (κ3) is 1.90. The third-order valence-corrected chi connectivity index (χ3v) is 4.15. The van der Waals surface area contributed by atoms with Crippen LogP contribution in [0.15, 0.2) is 60.1 Å². The molecule has 4 nitrogen and oxygen atoms in total. The molecule has 3 heterocycles. The summed E-state index contributed by atoms with van der Waals surface area (Å²) < 4.78 is 1.90. The molecule has 0 saturated heterocycles. The second kappa shape index (κ2) is 4.71. The number of phenolic OH excluding ortho intramolecular Hbond substituents is 1. The van der Waals surface area contributed by atoms with Crippen molar-refractivity contribution in [3.8, 4) is 22.1 Å². The van der Waals surface area contributed by atoms with Gasteiger partial charge >= 0.3 is 0 Å². The molecule has 0 bridgehead atoms. The Morgan fingerprint density at radius 1 is 1.00 bits per heavy atom. The van der Waals surface area contributed by atoms with Crippen molar-refractivity contribution in [2.75, 3.05) is 0 Å². The third-order valence-electron chi connectivity index (χ3n) is 3.28. The first-order chi connectivity index (χ1) is 10.3. The topological polar surface area (TPSA) is 50.9 Å². The molecule has 0 spiro atoms. The summed E-state index contributed by atoms with van der Waals surface area (Å²) in [4.78, 5) is 10.1. The normalized spacial score (nSPS) is 11.0. The predicted octanol–water partition coefficient (Wildman–Crippen LogP) is 3.85. The fourth-order valence-corrected chi connectivity index (χ4v) is 3.07. The molecule has 0 saturated carbocycles. The summed E-state index contributed by atoms with van der Waals surface area (Å²) in [6.45, 7) is 0. The Kier molecular flexibility index (Phi) is 2.72. The number of imidazole rings is 1. The van der Waals surface area contributed by atoms with Crippen LogP contribution in [-0.4, -0.2) is 19.6 Å². The highest BCUT2D eigenvalue weighted by molar-refractivity contribution is 7.13. The van der Waals surface area contributed by atoms with E-state index in [0.717, 1.165) is 21.9 Å². The molecule has 0 radical (unpaired) electrons. The summed E-state index contributed by atoms with van der Waals surface area (Å²) >= 11 is 1.61. The van der Waals surface area contributed by atoms with Crippen LogP contribution >= 0.6 is 11.3 Å². The predicted molar refractivity (Wildman–Crippen MR) is 83.8 cm³/mol. The molecule has 1 N–H and O–H groups in total. The lowest BCUT2D eigenvalue weighted by molar-refractivity contribution is 0.472. The van der Waals surface area contributed by atoms with Crippen LogP contribution < -0.4 is 0 Å². The highest BCUT2D eigenvalue weighted by Crippen LogP contribution is 2.33. The number of phenols is 1. The molecule has 21 heavy (non-hydrogen) atoms. The van der Waals surface area contributed by atoms with Gasteiger partial charge in [-0.1, -0.05) is 18.2 Å². The Labute approximate surface area is 125 Å². The van der Waals surface area contributed by atoms with E-state index >= 15 is 0 Å². The molecule has 0 unspecified atom stereocenters. The van der Waals surface area contributed by atoms with Gasteiger partial charge in [0.1, 0.15) is 11.3 Å². The lowest BCUT2D eigenvalue weighted by atomic mass is 10.3. The molecule has 3 aromatic heterocycles. The number of pyridine rings is 1. The van der Waals surface area contributed by atoms with Crippen LogP contribution in [0.25, 0.3) is 27.6 Å². The Morgan fingerprint density at radius 2 is 1.90 bits per heavy atom. The number of hydrogen-bond acceptors (Lipinski definition) is 4. The summed E-state index contributed by atoms with van der Waals surface area (Å²) in [6.07, 6.45) is 1.73. The van der Waals surface area contributed by atoms with E-state index in [0.29, 0.717) is 5.69 Å². The quantitative estimate of drug-likeness (QED) is 0.610. The van der Waals surface area contributed by atoms with E-state index in [4.69, 9.17) is 0 Å². The van der Waals surface area contributed by atoms with Crippen LogP contribution in [0.5, 0.6) is 5.75 Å². The fraction of sp³-hybridized carbons (Fsp3) is 0. The van der Waals surface area contributed by atoms with Crippen molar-refractivity contribution in [3.05, 3.63) is 60.1 Å². The number of aromatic hydroxyl groups is 1. The highest BCUT2D eigenvalue weighted by atomic mass is 32.1. The number of benzene rings is 1. The van der Waals surface area contributed by atoms with Gasteiger partial charge in [-0.25, -0.2) is 9.97 Å². The zero-order chi connectivity index (χ0) is 14.2. The SMILES string of the molecule is Oc1ccccc1-n1c(-c2cccs2)nc2cccnc21. The van der Waals surface area contributed by atoms with Gasteiger partial charge in [-0.2, -0.15) is 0 Å². The standard InChI is InChI=1S/C16H11N3OS/c20-13-7-2-1-6-12(13)19-15-11(5-3-9-17-15)18-16(19)14-8-4-10-21-14/h1-10,20H. The Morgan fingerprint density at radius 3 is 2.71 bits per heavy atom. The minimum atomic E-state index is 0.209. The summed E-state index contributed by atoms with van der Waals surface area (Å²) in [5.41, 5.74) is 2.23. The van der Waals surface area contributed by atoms with Crippen molar-refractivity contribution in [3.63, 3.8) is 0 Å². The van der Waals surface area contributed by atoms with Crippen LogP contribution in [-0.2, 0) is 0 Å². The van der Waals surface area contributed by atoms with E-state index in [9.17, 15) is 5.11 Å². The van der Waals surface area contributed by atoms with Gasteiger partial charge in [0, 0.05) is 6.20 Å². The number of aromatic nitrogens is 3. The molecular weight excluding hydrogens is 282 g/mol.